The van der Waals surface area contributed by atoms with Gasteiger partial charge in [-0.05, 0) is 123 Å². The van der Waals surface area contributed by atoms with Crippen LogP contribution in [-0.2, 0) is 67.1 Å². The summed E-state index contributed by atoms with van der Waals surface area (Å²) < 4.78 is 42.4. The molecule has 6 aromatic rings. The van der Waals surface area contributed by atoms with Gasteiger partial charge < -0.3 is 61.0 Å². The molecule has 4 aromatic carbocycles. The number of nitrogens with one attached hydrogen (secondary N) is 8. The molecule has 0 saturated carbocycles. The van der Waals surface area contributed by atoms with Crippen LogP contribution in [0.25, 0.3) is 22.3 Å². The van der Waals surface area contributed by atoms with E-state index in [4.69, 9.17) is 32.6 Å². The number of benzene rings is 4. The maximum Gasteiger partial charge on any atom is 0.355 e. The van der Waals surface area contributed by atoms with E-state index >= 15 is 0 Å². The number of para-hydroxylation sites is 1. The van der Waals surface area contributed by atoms with Crippen LogP contribution in [0.2, 0.25) is 0 Å². The van der Waals surface area contributed by atoms with Crippen LogP contribution in [0.4, 0.5) is 32.3 Å². The van der Waals surface area contributed by atoms with E-state index in [1.165, 1.54) is 54.3 Å². The number of sulfonamides is 1. The maximum atomic E-state index is 14.2. The van der Waals surface area contributed by atoms with E-state index in [2.05, 4.69) is 46.8 Å². The Hall–Kier alpha value is -9.47. The van der Waals surface area contributed by atoms with E-state index in [-0.39, 0.29) is 58.8 Å². The first-order chi connectivity index (χ1) is 40.6. The monoisotopic (exact) mass is 1200 g/mol. The number of rotatable bonds is 19. The molecule has 0 aliphatic carbocycles. The fraction of sp³-hybridized carbons (Fsp3) is 0.310. The summed E-state index contributed by atoms with van der Waals surface area (Å²) in [5.41, 5.74) is 1.85. The summed E-state index contributed by atoms with van der Waals surface area (Å²) in [6.45, 7) is 6.93. The summed E-state index contributed by atoms with van der Waals surface area (Å²) >= 11 is 5.47. The van der Waals surface area contributed by atoms with Gasteiger partial charge in [-0.2, -0.15) is 5.90 Å². The van der Waals surface area contributed by atoms with Crippen molar-refractivity contribution < 1.29 is 56.3 Å². The Labute approximate surface area is 493 Å². The second-order valence-corrected chi connectivity index (χ2v) is 23.0. The molecule has 1 fully saturated rings. The van der Waals surface area contributed by atoms with Crippen LogP contribution in [-0.4, -0.2) is 101 Å². The zero-order chi connectivity index (χ0) is 60.7. The standard InChI is InChI=1S/C58H62N12O13S2/c1-5-22-60-55(77)63-38-13-9-15-40(26-38)85(79,80)68-39-14-8-12-34(25-39)44(28-48(72)83-59)66-56(78)62-36-18-20-37(21-19-36)64-57(84)61-29-47(71)69-23-10-17-45(69)51(73)67-49(32(2)3)53(75)82-58(4)42-27-46-50-35(24-33-11-6-7-16-43(33)65-50)30-70(46)52(74)41(42)31-81-54(58)76/h6-9,11-16,18-21,24-27,32,44-45,49,68H,5,10,17,22-23,28-31,59H2,1-4H3,(H,67,73)(H2,60,63,77)(H2,61,64,84)(H2,62,66,78)/t44?,45-,49-,58-/m0/s1. The molecule has 10 N–H and O–H groups in total. The Morgan fingerprint density at radius 2 is 1.56 bits per heavy atom. The number of carbonyl (C=O) groups is 7. The highest BCUT2D eigenvalue weighted by atomic mass is 32.2. The third-order valence-corrected chi connectivity index (χ3v) is 16.1. The quantitative estimate of drug-likeness (QED) is 0.0279. The van der Waals surface area contributed by atoms with E-state index in [1.807, 2.05) is 37.3 Å². The number of cyclic esters (lactones) is 1. The lowest BCUT2D eigenvalue weighted by Gasteiger charge is -2.35. The van der Waals surface area contributed by atoms with Crippen molar-refractivity contribution in [2.75, 3.05) is 40.3 Å². The van der Waals surface area contributed by atoms with Crippen LogP contribution >= 0.6 is 12.2 Å². The lowest BCUT2D eigenvalue weighted by Crippen LogP contribution is -2.55. The summed E-state index contributed by atoms with van der Waals surface area (Å²) in [7, 11) is -4.19. The molecule has 3 aliphatic heterocycles. The van der Waals surface area contributed by atoms with E-state index in [9.17, 15) is 46.8 Å². The Morgan fingerprint density at radius 3 is 2.31 bits per heavy atom. The van der Waals surface area contributed by atoms with E-state index < -0.39 is 93.4 Å². The highest BCUT2D eigenvalue weighted by molar-refractivity contribution is 7.92. The van der Waals surface area contributed by atoms with Gasteiger partial charge in [-0.3, -0.25) is 23.9 Å². The Kier molecular flexibility index (Phi) is 18.1. The van der Waals surface area contributed by atoms with Crippen LogP contribution in [0.3, 0.4) is 0 Å². The number of nitrogens with two attached hydrogens (primary N) is 1. The maximum absolute atomic E-state index is 14.2. The first-order valence-corrected chi connectivity index (χ1v) is 29.1. The zero-order valence-electron chi connectivity index (χ0n) is 46.6. The fourth-order valence-corrected chi connectivity index (χ4v) is 11.4. The molecule has 5 heterocycles. The first kappa shape index (κ1) is 60.1. The van der Waals surface area contributed by atoms with Crippen molar-refractivity contribution in [1.82, 2.24) is 35.7 Å². The predicted molar refractivity (Wildman–Crippen MR) is 317 cm³/mol. The molecule has 85 heavy (non-hydrogen) atoms. The van der Waals surface area contributed by atoms with E-state index in [1.54, 1.807) is 54.8 Å². The topological polar surface area (TPSA) is 342 Å². The second kappa shape index (κ2) is 25.6. The van der Waals surface area contributed by atoms with Gasteiger partial charge in [0.25, 0.3) is 15.6 Å². The van der Waals surface area contributed by atoms with Gasteiger partial charge >= 0.3 is 30.0 Å². The van der Waals surface area contributed by atoms with E-state index in [0.29, 0.717) is 54.1 Å². The lowest BCUT2D eigenvalue weighted by molar-refractivity contribution is -0.188. The molecule has 0 radical (unpaired) electrons. The fourth-order valence-electron chi connectivity index (χ4n) is 10.2. The largest absolute Gasteiger partial charge is 0.457 e. The van der Waals surface area contributed by atoms with E-state index in [0.717, 1.165) is 16.5 Å². The van der Waals surface area contributed by atoms with Crippen LogP contribution in [0.1, 0.15) is 81.7 Å². The van der Waals surface area contributed by atoms with Gasteiger partial charge in [-0.25, -0.2) is 32.6 Å². The minimum Gasteiger partial charge on any atom is -0.457 e. The van der Waals surface area contributed by atoms with Crippen LogP contribution in [0.15, 0.2) is 119 Å². The Bertz CT molecular complexity index is 3820. The molecule has 25 nitrogen and oxygen atoms in total. The molecule has 0 spiro atoms. The van der Waals surface area contributed by atoms with Gasteiger partial charge in [0, 0.05) is 52.4 Å². The van der Waals surface area contributed by atoms with Crippen LogP contribution < -0.4 is 53.4 Å². The summed E-state index contributed by atoms with van der Waals surface area (Å²) in [4.78, 5) is 118. The minimum atomic E-state index is -4.19. The van der Waals surface area contributed by atoms with Crippen molar-refractivity contribution in [2.45, 2.75) is 95.2 Å². The van der Waals surface area contributed by atoms with Crippen molar-refractivity contribution >= 4 is 103 Å². The molecular formula is C58H62N12O13S2. The molecule has 3 aliphatic rings. The summed E-state index contributed by atoms with van der Waals surface area (Å²) in [5, 5.41) is 20.1. The number of aromatic nitrogens is 2. The number of thiocarbonyl (C=S) groups is 1. The summed E-state index contributed by atoms with van der Waals surface area (Å²) in [6, 6.07) is 24.6. The molecule has 4 atom stereocenters. The summed E-state index contributed by atoms with van der Waals surface area (Å²) in [5.74, 6) is 0.816. The Balaban J connectivity index is 0.771. The number of hydrogen-bond acceptors (Lipinski definition) is 16. The molecule has 6 amide bonds. The minimum absolute atomic E-state index is 0.0593. The molecule has 0 bridgehead atoms. The molecule has 9 rings (SSSR count). The number of esters is 2. The number of nitrogens with zero attached hydrogens (tertiary/aromatic N) is 3. The SMILES string of the molecule is CCCNC(=O)Nc1cccc(S(=O)(=O)Nc2cccc(C(CC(=O)ON)NC(=O)Nc3ccc(NC(=S)NCC(=O)N4CCC[C@H]4C(=O)N[C@H](C(=O)O[C@]4(C)C(=O)OCc5c4cc4n(c5=O)Cc5cc6ccccc6nc5-4)C(C)C)cc3)c2)c1. The molecule has 2 aromatic heterocycles. The van der Waals surface area contributed by atoms with Crippen molar-refractivity contribution in [3.05, 3.63) is 142 Å². The van der Waals surface area contributed by atoms with Gasteiger partial charge in [-0.15, -0.1) is 0 Å². The van der Waals surface area contributed by atoms with Gasteiger partial charge in [0.2, 0.25) is 17.4 Å². The number of pyridine rings is 2. The number of anilines is 4. The third kappa shape index (κ3) is 13.6. The smallest absolute Gasteiger partial charge is 0.355 e. The normalized spacial score (nSPS) is 16.5. The van der Waals surface area contributed by atoms with Crippen molar-refractivity contribution in [2.24, 2.45) is 11.8 Å². The van der Waals surface area contributed by atoms with Crippen LogP contribution in [0, 0.1) is 5.92 Å². The third-order valence-electron chi connectivity index (χ3n) is 14.5. The number of hydrogen-bond donors (Lipinski definition) is 9. The van der Waals surface area contributed by atoms with Crippen molar-refractivity contribution in [3.8, 4) is 11.4 Å². The molecule has 27 heteroatoms. The lowest BCUT2D eigenvalue weighted by atomic mass is 9.89. The zero-order valence-corrected chi connectivity index (χ0v) is 48.2. The van der Waals surface area contributed by atoms with Gasteiger partial charge in [-0.1, -0.05) is 57.2 Å². The highest BCUT2D eigenvalue weighted by Gasteiger charge is 2.49. The highest BCUT2D eigenvalue weighted by Crippen LogP contribution is 2.40. The number of carbonyl (C=O) groups excluding carboxylic acids is 7. The molecule has 1 unspecified atom stereocenters. The average molecular weight is 1200 g/mol. The average Bonchev–Trinajstić information content (AvgIpc) is 3.43. The Morgan fingerprint density at radius 1 is 0.847 bits per heavy atom. The molecule has 1 saturated heterocycles. The number of fused-ring (bicyclic) bond motifs is 5. The van der Waals surface area contributed by atoms with Crippen molar-refractivity contribution in [3.63, 3.8) is 0 Å². The first-order valence-electron chi connectivity index (χ1n) is 27.2. The second-order valence-electron chi connectivity index (χ2n) is 20.9. The van der Waals surface area contributed by atoms with Crippen LogP contribution in [0.5, 0.6) is 0 Å². The number of urea groups is 2. The van der Waals surface area contributed by atoms with Gasteiger partial charge in [0.15, 0.2) is 5.11 Å². The molecule has 444 valence electrons. The summed E-state index contributed by atoms with van der Waals surface area (Å²) in [6.07, 6.45) is 1.07. The predicted octanol–water partition coefficient (Wildman–Crippen LogP) is 5.36. The number of ether oxygens (including phenoxy) is 2. The number of amides is 6. The van der Waals surface area contributed by atoms with Gasteiger partial charge in [0.1, 0.15) is 18.7 Å². The number of likely N-dealkylation sites (tertiary alicyclic amines) is 1. The van der Waals surface area contributed by atoms with Gasteiger partial charge in [0.05, 0.1) is 52.9 Å². The van der Waals surface area contributed by atoms with Crippen molar-refractivity contribution in [1.29, 1.82) is 0 Å². The molecular weight excluding hydrogens is 1140 g/mol.